The molecule has 0 aliphatic carbocycles. The summed E-state index contributed by atoms with van der Waals surface area (Å²) >= 11 is 1.74. The predicted molar refractivity (Wildman–Crippen MR) is 45.9 cm³/mol. The van der Waals surface area contributed by atoms with E-state index in [1.54, 1.807) is 11.3 Å². The monoisotopic (exact) mass is 169 g/mol. The Hall–Kier alpha value is -0.380. The Morgan fingerprint density at radius 3 is 3.27 bits per heavy atom. The van der Waals surface area contributed by atoms with Gasteiger partial charge in [-0.15, -0.1) is 0 Å². The van der Waals surface area contributed by atoms with Gasteiger partial charge in [-0.05, 0) is 22.4 Å². The highest BCUT2D eigenvalue weighted by Gasteiger charge is 2.14. The normalized spacial score (nSPS) is 25.3. The summed E-state index contributed by atoms with van der Waals surface area (Å²) in [5.41, 5.74) is 1.36. The molecule has 2 heterocycles. The SMILES string of the molecule is c1cc([C@@H]2COCCN2)cs1. The maximum Gasteiger partial charge on any atom is 0.0662 e. The van der Waals surface area contributed by atoms with Crippen molar-refractivity contribution < 1.29 is 4.74 Å². The molecule has 0 aromatic carbocycles. The zero-order valence-corrected chi connectivity index (χ0v) is 7.06. The highest BCUT2D eigenvalue weighted by atomic mass is 32.1. The van der Waals surface area contributed by atoms with Gasteiger partial charge in [0.05, 0.1) is 19.3 Å². The van der Waals surface area contributed by atoms with Gasteiger partial charge in [-0.1, -0.05) is 0 Å². The quantitative estimate of drug-likeness (QED) is 0.686. The molecule has 11 heavy (non-hydrogen) atoms. The van der Waals surface area contributed by atoms with Crippen LogP contribution < -0.4 is 5.32 Å². The van der Waals surface area contributed by atoms with Crippen molar-refractivity contribution in [2.75, 3.05) is 19.8 Å². The molecular weight excluding hydrogens is 158 g/mol. The van der Waals surface area contributed by atoms with Gasteiger partial charge in [-0.2, -0.15) is 11.3 Å². The number of rotatable bonds is 1. The number of thiophene rings is 1. The van der Waals surface area contributed by atoms with Crippen molar-refractivity contribution in [3.05, 3.63) is 22.4 Å². The van der Waals surface area contributed by atoms with Crippen LogP contribution in [-0.2, 0) is 4.74 Å². The summed E-state index contributed by atoms with van der Waals surface area (Å²) < 4.78 is 5.35. The molecule has 0 amide bonds. The zero-order valence-electron chi connectivity index (χ0n) is 6.25. The standard InChI is InChI=1S/C8H11NOS/c1-4-11-6-7(1)8-5-10-3-2-9-8/h1,4,6,8-9H,2-3,5H2/t8-/m0/s1. The summed E-state index contributed by atoms with van der Waals surface area (Å²) in [5, 5.41) is 7.68. The fourth-order valence-electron chi connectivity index (χ4n) is 1.25. The smallest absolute Gasteiger partial charge is 0.0662 e. The third kappa shape index (κ3) is 1.61. The molecule has 0 saturated carbocycles. The van der Waals surface area contributed by atoms with Crippen LogP contribution >= 0.6 is 11.3 Å². The molecule has 2 nitrogen and oxygen atoms in total. The summed E-state index contributed by atoms with van der Waals surface area (Å²) in [5.74, 6) is 0. The fourth-order valence-corrected chi connectivity index (χ4v) is 1.97. The van der Waals surface area contributed by atoms with Crippen LogP contribution in [0.25, 0.3) is 0 Å². The van der Waals surface area contributed by atoms with E-state index in [2.05, 4.69) is 22.1 Å². The molecule has 1 atom stereocenters. The van der Waals surface area contributed by atoms with Crippen molar-refractivity contribution in [3.8, 4) is 0 Å². The van der Waals surface area contributed by atoms with Crippen LogP contribution in [0.4, 0.5) is 0 Å². The molecule has 0 spiro atoms. The van der Waals surface area contributed by atoms with Crippen molar-refractivity contribution in [3.63, 3.8) is 0 Å². The molecule has 1 aliphatic heterocycles. The van der Waals surface area contributed by atoms with E-state index in [0.717, 1.165) is 19.8 Å². The molecule has 1 N–H and O–H groups in total. The summed E-state index contributed by atoms with van der Waals surface area (Å²) in [6.45, 7) is 2.64. The van der Waals surface area contributed by atoms with Gasteiger partial charge < -0.3 is 10.1 Å². The maximum atomic E-state index is 5.35. The van der Waals surface area contributed by atoms with Crippen molar-refractivity contribution in [2.24, 2.45) is 0 Å². The van der Waals surface area contributed by atoms with Gasteiger partial charge in [-0.25, -0.2) is 0 Å². The van der Waals surface area contributed by atoms with E-state index in [-0.39, 0.29) is 0 Å². The molecule has 1 saturated heterocycles. The minimum absolute atomic E-state index is 0.426. The molecular formula is C8H11NOS. The summed E-state index contributed by atoms with van der Waals surface area (Å²) in [6, 6.07) is 2.58. The van der Waals surface area contributed by atoms with Crippen molar-refractivity contribution in [1.29, 1.82) is 0 Å². The van der Waals surface area contributed by atoms with Gasteiger partial charge >= 0.3 is 0 Å². The van der Waals surface area contributed by atoms with E-state index in [9.17, 15) is 0 Å². The Labute approximate surface area is 70.2 Å². The van der Waals surface area contributed by atoms with Crippen LogP contribution in [-0.4, -0.2) is 19.8 Å². The molecule has 0 unspecified atom stereocenters. The number of ether oxygens (including phenoxy) is 1. The van der Waals surface area contributed by atoms with Gasteiger partial charge in [0.25, 0.3) is 0 Å². The van der Waals surface area contributed by atoms with Crippen LogP contribution in [0.3, 0.4) is 0 Å². The summed E-state index contributed by atoms with van der Waals surface area (Å²) in [4.78, 5) is 0. The second-order valence-electron chi connectivity index (χ2n) is 2.64. The highest BCUT2D eigenvalue weighted by Crippen LogP contribution is 2.17. The molecule has 0 radical (unpaired) electrons. The Bertz CT molecular complexity index is 204. The first-order chi connectivity index (χ1) is 5.47. The summed E-state index contributed by atoms with van der Waals surface area (Å²) in [7, 11) is 0. The minimum atomic E-state index is 0.426. The molecule has 0 bridgehead atoms. The molecule has 60 valence electrons. The van der Waals surface area contributed by atoms with E-state index in [1.807, 2.05) is 0 Å². The van der Waals surface area contributed by atoms with Crippen LogP contribution in [0.15, 0.2) is 16.8 Å². The Morgan fingerprint density at radius 2 is 2.64 bits per heavy atom. The van der Waals surface area contributed by atoms with Crippen LogP contribution in [0, 0.1) is 0 Å². The Kier molecular flexibility index (Phi) is 2.21. The molecule has 1 aliphatic rings. The van der Waals surface area contributed by atoms with E-state index in [1.165, 1.54) is 5.56 Å². The van der Waals surface area contributed by atoms with Gasteiger partial charge in [0.1, 0.15) is 0 Å². The predicted octanol–water partition coefficient (Wildman–Crippen LogP) is 1.41. The average Bonchev–Trinajstić information content (AvgIpc) is 2.58. The number of nitrogens with one attached hydrogen (secondary N) is 1. The first-order valence-corrected chi connectivity index (χ1v) is 4.74. The van der Waals surface area contributed by atoms with Crippen molar-refractivity contribution in [2.45, 2.75) is 6.04 Å². The van der Waals surface area contributed by atoms with Crippen LogP contribution in [0.5, 0.6) is 0 Å². The molecule has 1 aromatic rings. The molecule has 3 heteroatoms. The largest absolute Gasteiger partial charge is 0.378 e. The Balaban J connectivity index is 2.04. The van der Waals surface area contributed by atoms with E-state index < -0.39 is 0 Å². The second-order valence-corrected chi connectivity index (χ2v) is 3.42. The lowest BCUT2D eigenvalue weighted by Crippen LogP contribution is -2.34. The highest BCUT2D eigenvalue weighted by molar-refractivity contribution is 7.07. The number of morpholine rings is 1. The van der Waals surface area contributed by atoms with E-state index in [4.69, 9.17) is 4.74 Å². The fraction of sp³-hybridized carbons (Fsp3) is 0.500. The lowest BCUT2D eigenvalue weighted by atomic mass is 10.1. The lowest BCUT2D eigenvalue weighted by Gasteiger charge is -2.22. The van der Waals surface area contributed by atoms with Crippen LogP contribution in [0.2, 0.25) is 0 Å². The van der Waals surface area contributed by atoms with Gasteiger partial charge in [0, 0.05) is 6.54 Å². The lowest BCUT2D eigenvalue weighted by molar-refractivity contribution is 0.0770. The number of hydrogen-bond acceptors (Lipinski definition) is 3. The first-order valence-electron chi connectivity index (χ1n) is 3.80. The van der Waals surface area contributed by atoms with E-state index >= 15 is 0 Å². The van der Waals surface area contributed by atoms with Gasteiger partial charge in [0.15, 0.2) is 0 Å². The average molecular weight is 169 g/mol. The van der Waals surface area contributed by atoms with Gasteiger partial charge in [-0.3, -0.25) is 0 Å². The van der Waals surface area contributed by atoms with Crippen LogP contribution in [0.1, 0.15) is 11.6 Å². The topological polar surface area (TPSA) is 21.3 Å². The second kappa shape index (κ2) is 3.34. The summed E-state index contributed by atoms with van der Waals surface area (Å²) in [6.07, 6.45) is 0. The Morgan fingerprint density at radius 1 is 1.64 bits per heavy atom. The molecule has 1 aromatic heterocycles. The zero-order chi connectivity index (χ0) is 7.52. The van der Waals surface area contributed by atoms with Crippen molar-refractivity contribution >= 4 is 11.3 Å². The van der Waals surface area contributed by atoms with Crippen molar-refractivity contribution in [1.82, 2.24) is 5.32 Å². The molecule has 2 rings (SSSR count). The first kappa shape index (κ1) is 7.28. The molecule has 1 fully saturated rings. The third-order valence-electron chi connectivity index (χ3n) is 1.87. The number of hydrogen-bond donors (Lipinski definition) is 1. The maximum absolute atomic E-state index is 5.35. The van der Waals surface area contributed by atoms with E-state index in [0.29, 0.717) is 6.04 Å². The third-order valence-corrected chi connectivity index (χ3v) is 2.57. The van der Waals surface area contributed by atoms with Gasteiger partial charge in [0.2, 0.25) is 0 Å². The minimum Gasteiger partial charge on any atom is -0.378 e.